The van der Waals surface area contributed by atoms with Gasteiger partial charge in [-0.2, -0.15) is 13.2 Å². The summed E-state index contributed by atoms with van der Waals surface area (Å²) in [5.74, 6) is -3.60. The maximum absolute atomic E-state index is 12.2. The molecular weight excluding hydrogens is 401 g/mol. The third-order valence-corrected chi connectivity index (χ3v) is 3.43. The van der Waals surface area contributed by atoms with Crippen LogP contribution in [0.3, 0.4) is 0 Å². The Morgan fingerprint density at radius 3 is 2.38 bits per heavy atom. The molecule has 0 heterocycles. The van der Waals surface area contributed by atoms with Crippen LogP contribution in [0.2, 0.25) is 0 Å². The summed E-state index contributed by atoms with van der Waals surface area (Å²) in [5.41, 5.74) is 11.2. The maximum Gasteiger partial charge on any atom is 0.491 e. The quantitative estimate of drug-likeness (QED) is 0.0776. The Kier molecular flexibility index (Phi) is 8.79. The molecule has 0 unspecified atom stereocenters. The minimum Gasteiger partial charge on any atom is -0.420 e. The molecule has 0 radical (unpaired) electrons. The van der Waals surface area contributed by atoms with Crippen molar-refractivity contribution in [3.8, 4) is 5.75 Å². The summed E-state index contributed by atoms with van der Waals surface area (Å²) in [6, 6.07) is 4.47. The molecule has 0 spiro atoms. The molecule has 0 fully saturated rings. The Hall–Kier alpha value is -3.42. The number of nitro groups is 1. The lowest BCUT2D eigenvalue weighted by atomic mass is 10.1. The van der Waals surface area contributed by atoms with Crippen molar-refractivity contribution in [2.75, 3.05) is 6.54 Å². The van der Waals surface area contributed by atoms with Crippen LogP contribution in [-0.2, 0) is 16.1 Å². The zero-order valence-corrected chi connectivity index (χ0v) is 14.9. The van der Waals surface area contributed by atoms with Gasteiger partial charge >= 0.3 is 12.1 Å². The van der Waals surface area contributed by atoms with Crippen molar-refractivity contribution in [2.45, 2.75) is 31.6 Å². The average Bonchev–Trinajstić information content (AvgIpc) is 2.60. The van der Waals surface area contributed by atoms with Gasteiger partial charge < -0.3 is 26.8 Å². The molecule has 0 bridgehead atoms. The van der Waals surface area contributed by atoms with Crippen LogP contribution in [0.25, 0.3) is 0 Å². The van der Waals surface area contributed by atoms with E-state index in [0.717, 1.165) is 0 Å². The molecular formula is C15H19F3N6O5. The molecule has 160 valence electrons. The van der Waals surface area contributed by atoms with Gasteiger partial charge in [-0.1, -0.05) is 12.1 Å². The highest BCUT2D eigenvalue weighted by molar-refractivity contribution is 5.80. The van der Waals surface area contributed by atoms with Crippen LogP contribution in [0.5, 0.6) is 5.75 Å². The molecule has 0 saturated carbocycles. The normalized spacial score (nSPS) is 12.9. The molecule has 1 atom stereocenters. The van der Waals surface area contributed by atoms with Crippen LogP contribution in [0.4, 0.5) is 13.2 Å². The van der Waals surface area contributed by atoms with Gasteiger partial charge in [0, 0.05) is 13.1 Å². The number of guanidine groups is 1. The first-order chi connectivity index (χ1) is 13.5. The summed E-state index contributed by atoms with van der Waals surface area (Å²) in [5, 5.41) is 17.4. The second kappa shape index (κ2) is 10.8. The number of nitrogens with two attached hydrogens (primary N) is 2. The van der Waals surface area contributed by atoms with E-state index in [4.69, 9.17) is 11.5 Å². The number of hydrogen-bond acceptors (Lipinski definition) is 6. The van der Waals surface area contributed by atoms with E-state index in [1.807, 2.05) is 0 Å². The number of carbonyl (C=O) groups excluding carboxylic acids is 2. The molecule has 1 aromatic carbocycles. The number of amides is 1. The van der Waals surface area contributed by atoms with Gasteiger partial charge in [-0.15, -0.1) is 0 Å². The van der Waals surface area contributed by atoms with E-state index in [-0.39, 0.29) is 31.2 Å². The number of esters is 1. The van der Waals surface area contributed by atoms with Crippen LogP contribution in [0.1, 0.15) is 18.4 Å². The summed E-state index contributed by atoms with van der Waals surface area (Å²) in [6.07, 6.45) is -4.42. The summed E-state index contributed by atoms with van der Waals surface area (Å²) in [7, 11) is 0. The van der Waals surface area contributed by atoms with Gasteiger partial charge in [-0.25, -0.2) is 14.9 Å². The number of halogens is 3. The zero-order chi connectivity index (χ0) is 22.0. The summed E-state index contributed by atoms with van der Waals surface area (Å²) < 4.78 is 40.6. The number of nitrogens with one attached hydrogen (secondary N) is 2. The van der Waals surface area contributed by atoms with Gasteiger partial charge in [0.25, 0.3) is 5.96 Å². The lowest BCUT2D eigenvalue weighted by Crippen LogP contribution is -2.41. The van der Waals surface area contributed by atoms with Crippen molar-refractivity contribution >= 4 is 17.8 Å². The lowest BCUT2D eigenvalue weighted by molar-refractivity contribution is -0.485. The third-order valence-electron chi connectivity index (χ3n) is 3.43. The monoisotopic (exact) mass is 420 g/mol. The largest absolute Gasteiger partial charge is 0.491 e. The molecule has 0 aliphatic rings. The number of primary amides is 1. The Bertz CT molecular complexity index is 754. The molecule has 1 rings (SSSR count). The second-order valence-corrected chi connectivity index (χ2v) is 5.66. The second-order valence-electron chi connectivity index (χ2n) is 5.66. The van der Waals surface area contributed by atoms with Gasteiger partial charge in [0.15, 0.2) is 5.03 Å². The number of rotatable bonds is 10. The number of nitrogens with zero attached hydrogens (tertiary/aromatic N) is 2. The lowest BCUT2D eigenvalue weighted by Gasteiger charge is -2.16. The number of benzene rings is 1. The molecule has 0 aliphatic heterocycles. The smallest absolute Gasteiger partial charge is 0.420 e. The fourth-order valence-corrected chi connectivity index (χ4v) is 2.07. The zero-order valence-electron chi connectivity index (χ0n) is 14.9. The van der Waals surface area contributed by atoms with E-state index in [2.05, 4.69) is 20.5 Å². The number of hydrogen-bond donors (Lipinski definition) is 4. The Morgan fingerprint density at radius 1 is 1.24 bits per heavy atom. The molecule has 6 N–H and O–H groups in total. The van der Waals surface area contributed by atoms with Gasteiger partial charge in [0.05, 0.1) is 6.04 Å². The predicted molar refractivity (Wildman–Crippen MR) is 93.8 cm³/mol. The van der Waals surface area contributed by atoms with Gasteiger partial charge in [0.2, 0.25) is 5.91 Å². The first kappa shape index (κ1) is 23.6. The number of alkyl halides is 3. The van der Waals surface area contributed by atoms with E-state index in [1.165, 1.54) is 24.3 Å². The molecule has 0 saturated heterocycles. The van der Waals surface area contributed by atoms with Gasteiger partial charge in [-0.05, 0) is 30.5 Å². The van der Waals surface area contributed by atoms with Crippen molar-refractivity contribution in [3.63, 3.8) is 0 Å². The highest BCUT2D eigenvalue weighted by atomic mass is 19.4. The average molecular weight is 420 g/mol. The fraction of sp³-hybridized carbons (Fsp3) is 0.400. The van der Waals surface area contributed by atoms with Gasteiger partial charge in [0.1, 0.15) is 10.9 Å². The van der Waals surface area contributed by atoms with Crippen molar-refractivity contribution in [3.05, 3.63) is 39.9 Å². The molecule has 14 heteroatoms. The van der Waals surface area contributed by atoms with E-state index in [9.17, 15) is 32.9 Å². The minimum atomic E-state index is -5.09. The van der Waals surface area contributed by atoms with Crippen molar-refractivity contribution < 1.29 is 32.5 Å². The first-order valence-electron chi connectivity index (χ1n) is 8.12. The van der Waals surface area contributed by atoms with E-state index < -0.39 is 29.1 Å². The molecule has 11 nitrogen and oxygen atoms in total. The number of ether oxygens (including phenoxy) is 1. The predicted octanol–water partition coefficient (Wildman–Crippen LogP) is -0.0260. The van der Waals surface area contributed by atoms with Crippen LogP contribution in [0.15, 0.2) is 29.4 Å². The molecule has 1 aromatic rings. The highest BCUT2D eigenvalue weighted by Gasteiger charge is 2.41. The Balaban J connectivity index is 2.48. The van der Waals surface area contributed by atoms with Crippen molar-refractivity contribution in [1.82, 2.24) is 10.6 Å². The Labute approximate surface area is 162 Å². The summed E-state index contributed by atoms with van der Waals surface area (Å²) >= 11 is 0. The molecule has 1 amide bonds. The summed E-state index contributed by atoms with van der Waals surface area (Å²) in [6.45, 7) is 0.382. The maximum atomic E-state index is 12.2. The summed E-state index contributed by atoms with van der Waals surface area (Å²) in [4.78, 5) is 32.4. The van der Waals surface area contributed by atoms with Crippen LogP contribution >= 0.6 is 0 Å². The highest BCUT2D eigenvalue weighted by Crippen LogP contribution is 2.20. The van der Waals surface area contributed by atoms with Crippen molar-refractivity contribution in [2.24, 2.45) is 16.6 Å². The third kappa shape index (κ3) is 9.37. The first-order valence-corrected chi connectivity index (χ1v) is 8.12. The molecule has 0 aliphatic carbocycles. The van der Waals surface area contributed by atoms with E-state index in [1.54, 1.807) is 0 Å². The van der Waals surface area contributed by atoms with Crippen LogP contribution in [-0.4, -0.2) is 41.6 Å². The van der Waals surface area contributed by atoms with Crippen LogP contribution < -0.4 is 26.8 Å². The molecule has 0 aromatic heterocycles. The van der Waals surface area contributed by atoms with Gasteiger partial charge in [-0.3, -0.25) is 4.79 Å². The number of hydrazone groups is 1. The van der Waals surface area contributed by atoms with Crippen LogP contribution in [0, 0.1) is 10.1 Å². The Morgan fingerprint density at radius 2 is 1.86 bits per heavy atom. The SMILES string of the molecule is NC(=O)[C@@H](CCCNC(N)=N[N+](=O)[O-])NCc1ccc(OC(=O)C(F)(F)F)cc1. The van der Waals surface area contributed by atoms with E-state index >= 15 is 0 Å². The number of carbonyl (C=O) groups is 2. The molecule has 29 heavy (non-hydrogen) atoms. The van der Waals surface area contributed by atoms with Crippen molar-refractivity contribution in [1.29, 1.82) is 0 Å². The van der Waals surface area contributed by atoms with E-state index in [0.29, 0.717) is 12.0 Å². The topological polar surface area (TPSA) is 175 Å². The standard InChI is InChI=1S/C15H19F3N6O5/c16-15(17,18)13(26)29-10-5-3-9(4-6-10)8-22-11(12(19)25)2-1-7-21-14(20)23-24(27)28/h3-6,11,22H,1-2,7-8H2,(H2,19,25)(H3,20,21,23)/t11-/m1/s1. The minimum absolute atomic E-state index is 0.166. The fourth-order valence-electron chi connectivity index (χ4n) is 2.07.